The zero-order valence-corrected chi connectivity index (χ0v) is 17.2. The van der Waals surface area contributed by atoms with Gasteiger partial charge in [-0.05, 0) is 47.5 Å². The minimum atomic E-state index is -0.564. The van der Waals surface area contributed by atoms with Crippen molar-refractivity contribution in [3.8, 4) is 22.6 Å². The average Bonchev–Trinajstić information content (AvgIpc) is 3.46. The molecular weight excluding hydrogens is 417 g/mol. The third-order valence-electron chi connectivity index (χ3n) is 5.51. The molecule has 32 heavy (non-hydrogen) atoms. The monoisotopic (exact) mass is 437 g/mol. The number of carbonyl (C=O) groups excluding carboxylic acids is 2. The largest absolute Gasteiger partial charge is 0.442 e. The van der Waals surface area contributed by atoms with Gasteiger partial charge in [0.15, 0.2) is 5.82 Å². The fourth-order valence-electron chi connectivity index (χ4n) is 3.58. The van der Waals surface area contributed by atoms with Crippen molar-refractivity contribution in [3.63, 3.8) is 0 Å². The van der Waals surface area contributed by atoms with Gasteiger partial charge < -0.3 is 10.1 Å². The van der Waals surface area contributed by atoms with Gasteiger partial charge in [-0.2, -0.15) is 0 Å². The molecule has 164 valence electrons. The first kappa shape index (κ1) is 20.0. The van der Waals surface area contributed by atoms with Gasteiger partial charge in [-0.3, -0.25) is 14.7 Å². The zero-order chi connectivity index (χ0) is 22.2. The number of cyclic esters (lactones) is 1. The number of hydrogen-bond acceptors (Lipinski definition) is 7. The standard InChI is InChI=1S/C21H20FN7O3/c1-28-19(25-26-27-28)18-7-4-13(9-23-18)16-6-5-14(8-17(16)22)29-11-15(32-21(29)31)10-24-20(30)12-2-3-12/h4-9,12,15H,2-3,10-11H2,1H3,(H,24,30)/t15-/m0/s1. The third kappa shape index (κ3) is 3.88. The lowest BCUT2D eigenvalue weighted by atomic mass is 10.1. The first-order valence-corrected chi connectivity index (χ1v) is 10.2. The molecule has 0 spiro atoms. The molecule has 1 N–H and O–H groups in total. The summed E-state index contributed by atoms with van der Waals surface area (Å²) in [6.45, 7) is 0.488. The van der Waals surface area contributed by atoms with E-state index in [1.165, 1.54) is 15.6 Å². The molecule has 0 radical (unpaired) electrons. The molecule has 1 atom stereocenters. The van der Waals surface area contributed by atoms with Crippen LogP contribution in [0.3, 0.4) is 0 Å². The zero-order valence-electron chi connectivity index (χ0n) is 17.2. The van der Waals surface area contributed by atoms with Crippen LogP contribution in [-0.2, 0) is 16.6 Å². The molecule has 1 saturated heterocycles. The first-order valence-electron chi connectivity index (χ1n) is 10.2. The topological polar surface area (TPSA) is 115 Å². The molecule has 1 aliphatic heterocycles. The third-order valence-corrected chi connectivity index (χ3v) is 5.51. The van der Waals surface area contributed by atoms with Crippen molar-refractivity contribution in [1.29, 1.82) is 0 Å². The van der Waals surface area contributed by atoms with Crippen LogP contribution in [0, 0.1) is 11.7 Å². The molecule has 11 heteroatoms. The molecule has 1 aromatic carbocycles. The van der Waals surface area contributed by atoms with Crippen LogP contribution >= 0.6 is 0 Å². The number of amides is 2. The van der Waals surface area contributed by atoms with Crippen LogP contribution in [-0.4, -0.2) is 56.4 Å². The maximum Gasteiger partial charge on any atom is 0.414 e. The van der Waals surface area contributed by atoms with Crippen molar-refractivity contribution < 1.29 is 18.7 Å². The average molecular weight is 437 g/mol. The van der Waals surface area contributed by atoms with Crippen LogP contribution in [0.4, 0.5) is 14.9 Å². The molecule has 1 aliphatic carbocycles. The highest BCUT2D eigenvalue weighted by molar-refractivity contribution is 5.90. The van der Waals surface area contributed by atoms with E-state index in [0.717, 1.165) is 12.8 Å². The Morgan fingerprint density at radius 2 is 2.12 bits per heavy atom. The number of anilines is 1. The Balaban J connectivity index is 1.28. The van der Waals surface area contributed by atoms with E-state index in [1.807, 2.05) is 0 Å². The summed E-state index contributed by atoms with van der Waals surface area (Å²) in [4.78, 5) is 29.7. The lowest BCUT2D eigenvalue weighted by Crippen LogP contribution is -2.35. The van der Waals surface area contributed by atoms with Crippen molar-refractivity contribution in [2.24, 2.45) is 13.0 Å². The molecule has 2 aromatic heterocycles. The minimum absolute atomic E-state index is 0.00930. The smallest absolute Gasteiger partial charge is 0.414 e. The number of nitrogens with zero attached hydrogens (tertiary/aromatic N) is 6. The van der Waals surface area contributed by atoms with Gasteiger partial charge in [0.25, 0.3) is 0 Å². The predicted octanol–water partition coefficient (Wildman–Crippen LogP) is 1.93. The van der Waals surface area contributed by atoms with Crippen LogP contribution < -0.4 is 10.2 Å². The number of nitrogens with one attached hydrogen (secondary N) is 1. The van der Waals surface area contributed by atoms with Crippen LogP contribution in [0.1, 0.15) is 12.8 Å². The summed E-state index contributed by atoms with van der Waals surface area (Å²) >= 11 is 0. The Hall–Kier alpha value is -3.89. The summed E-state index contributed by atoms with van der Waals surface area (Å²) in [6, 6.07) is 8.00. The molecule has 2 fully saturated rings. The Kier molecular flexibility index (Phi) is 5.00. The Bertz CT molecular complexity index is 1180. The summed E-state index contributed by atoms with van der Waals surface area (Å²) in [5, 5.41) is 14.1. The van der Waals surface area contributed by atoms with Gasteiger partial charge in [-0.15, -0.1) is 5.10 Å². The van der Waals surface area contributed by atoms with Gasteiger partial charge in [-0.1, -0.05) is 6.07 Å². The van der Waals surface area contributed by atoms with Gasteiger partial charge in [-0.25, -0.2) is 13.9 Å². The Morgan fingerprint density at radius 3 is 2.78 bits per heavy atom. The SMILES string of the molecule is Cn1nnnc1-c1ccc(-c2ccc(N3C[C@H](CNC(=O)C4CC4)OC3=O)cc2F)cn1. The number of pyridine rings is 1. The molecule has 10 nitrogen and oxygen atoms in total. The number of ether oxygens (including phenoxy) is 1. The predicted molar refractivity (Wildman–Crippen MR) is 111 cm³/mol. The van der Waals surface area contributed by atoms with E-state index in [9.17, 15) is 14.0 Å². The number of tetrazole rings is 1. The quantitative estimate of drug-likeness (QED) is 0.627. The number of aromatic nitrogens is 5. The summed E-state index contributed by atoms with van der Waals surface area (Å²) < 4.78 is 21.7. The number of rotatable bonds is 6. The number of halogens is 1. The molecule has 3 heterocycles. The van der Waals surface area contributed by atoms with Gasteiger partial charge >= 0.3 is 6.09 Å². The van der Waals surface area contributed by atoms with E-state index in [1.54, 1.807) is 37.5 Å². The van der Waals surface area contributed by atoms with Gasteiger partial charge in [0.05, 0.1) is 18.8 Å². The number of carbonyl (C=O) groups is 2. The van der Waals surface area contributed by atoms with Gasteiger partial charge in [0.2, 0.25) is 5.91 Å². The van der Waals surface area contributed by atoms with Crippen molar-refractivity contribution in [2.45, 2.75) is 18.9 Å². The lowest BCUT2D eigenvalue weighted by Gasteiger charge is -2.14. The van der Waals surface area contributed by atoms with Crippen molar-refractivity contribution in [1.82, 2.24) is 30.5 Å². The molecule has 3 aromatic rings. The first-order chi connectivity index (χ1) is 15.5. The minimum Gasteiger partial charge on any atom is -0.442 e. The highest BCUT2D eigenvalue weighted by Gasteiger charge is 2.35. The van der Waals surface area contributed by atoms with Gasteiger partial charge in [0.1, 0.15) is 17.6 Å². The highest BCUT2D eigenvalue weighted by atomic mass is 19.1. The Morgan fingerprint density at radius 1 is 1.28 bits per heavy atom. The van der Waals surface area contributed by atoms with Crippen molar-refractivity contribution in [3.05, 3.63) is 42.3 Å². The van der Waals surface area contributed by atoms with Crippen LogP contribution in [0.2, 0.25) is 0 Å². The molecule has 0 unspecified atom stereocenters. The fourth-order valence-corrected chi connectivity index (χ4v) is 3.58. The van der Waals surface area contributed by atoms with Crippen molar-refractivity contribution >= 4 is 17.7 Å². The van der Waals surface area contributed by atoms with E-state index < -0.39 is 18.0 Å². The number of hydrogen-bond donors (Lipinski definition) is 1. The van der Waals surface area contributed by atoms with E-state index in [4.69, 9.17) is 4.74 Å². The van der Waals surface area contributed by atoms with E-state index in [-0.39, 0.29) is 24.9 Å². The van der Waals surface area contributed by atoms with Gasteiger partial charge in [0, 0.05) is 30.3 Å². The summed E-state index contributed by atoms with van der Waals surface area (Å²) in [5.41, 5.74) is 1.89. The van der Waals surface area contributed by atoms with E-state index in [2.05, 4.69) is 25.8 Å². The molecule has 1 saturated carbocycles. The number of aryl methyl sites for hydroxylation is 1. The van der Waals surface area contributed by atoms with E-state index >= 15 is 0 Å². The molecule has 0 bridgehead atoms. The summed E-state index contributed by atoms with van der Waals surface area (Å²) in [5.74, 6) is 0.0916. The normalized spacial score (nSPS) is 18.0. The molecule has 5 rings (SSSR count). The molecular formula is C21H20FN7O3. The number of benzene rings is 1. The van der Waals surface area contributed by atoms with Crippen LogP contribution in [0.5, 0.6) is 0 Å². The Labute approximate surface area is 182 Å². The second-order valence-corrected chi connectivity index (χ2v) is 7.86. The second-order valence-electron chi connectivity index (χ2n) is 7.86. The maximum atomic E-state index is 14.9. The second kappa shape index (κ2) is 7.98. The van der Waals surface area contributed by atoms with Crippen LogP contribution in [0.15, 0.2) is 36.5 Å². The molecule has 2 aliphatic rings. The summed E-state index contributed by atoms with van der Waals surface area (Å²) in [7, 11) is 1.71. The van der Waals surface area contributed by atoms with Crippen LogP contribution in [0.25, 0.3) is 22.6 Å². The summed E-state index contributed by atoms with van der Waals surface area (Å²) in [6.07, 6.45) is 2.32. The van der Waals surface area contributed by atoms with E-state index in [0.29, 0.717) is 28.3 Å². The highest BCUT2D eigenvalue weighted by Crippen LogP contribution is 2.30. The lowest BCUT2D eigenvalue weighted by molar-refractivity contribution is -0.122. The van der Waals surface area contributed by atoms with Crippen molar-refractivity contribution in [2.75, 3.05) is 18.0 Å². The molecule has 2 amide bonds. The maximum absolute atomic E-state index is 14.9. The fraction of sp³-hybridized carbons (Fsp3) is 0.333.